The number of rotatable bonds is 3. The predicted octanol–water partition coefficient (Wildman–Crippen LogP) is 2.54. The van der Waals surface area contributed by atoms with E-state index >= 15 is 0 Å². The largest absolute Gasteiger partial charge is 0.462 e. The van der Waals surface area contributed by atoms with Crippen molar-refractivity contribution in [1.29, 1.82) is 0 Å². The van der Waals surface area contributed by atoms with Gasteiger partial charge in [-0.05, 0) is 19.3 Å². The third-order valence-electron chi connectivity index (χ3n) is 2.18. The summed E-state index contributed by atoms with van der Waals surface area (Å²) in [6, 6.07) is 0. The highest BCUT2D eigenvalue weighted by molar-refractivity contribution is 5.76. The van der Waals surface area contributed by atoms with Crippen LogP contribution >= 0.6 is 0 Å². The van der Waals surface area contributed by atoms with Crippen molar-refractivity contribution in [2.24, 2.45) is 11.8 Å². The summed E-state index contributed by atoms with van der Waals surface area (Å²) in [5.41, 5.74) is 0. The van der Waals surface area contributed by atoms with Gasteiger partial charge < -0.3 is 4.74 Å². The van der Waals surface area contributed by atoms with Crippen molar-refractivity contribution in [3.8, 4) is 0 Å². The van der Waals surface area contributed by atoms with Gasteiger partial charge in [-0.25, -0.2) is 0 Å². The van der Waals surface area contributed by atoms with Crippen LogP contribution in [0, 0.1) is 11.8 Å². The van der Waals surface area contributed by atoms with Crippen LogP contribution in [-0.2, 0) is 9.53 Å². The van der Waals surface area contributed by atoms with Crippen LogP contribution in [0.1, 0.15) is 33.6 Å². The molecule has 0 N–H and O–H groups in total. The number of carbonyl (C=O) groups is 1. The van der Waals surface area contributed by atoms with Gasteiger partial charge in [0.25, 0.3) is 0 Å². The lowest BCUT2D eigenvalue weighted by Crippen LogP contribution is -2.04. The maximum atomic E-state index is 11.2. The molecular weight excluding hydrogens is 164 g/mol. The predicted molar refractivity (Wildman–Crippen MR) is 52.3 cm³/mol. The summed E-state index contributed by atoms with van der Waals surface area (Å²) in [5.74, 6) is 0.604. The van der Waals surface area contributed by atoms with Crippen LogP contribution < -0.4 is 0 Å². The number of ether oxygens (including phenoxy) is 1. The third kappa shape index (κ3) is 3.21. The molecule has 0 bridgehead atoms. The Labute approximate surface area is 80.0 Å². The van der Waals surface area contributed by atoms with Crippen molar-refractivity contribution in [3.05, 3.63) is 12.2 Å². The van der Waals surface area contributed by atoms with Crippen LogP contribution in [0.25, 0.3) is 0 Å². The zero-order valence-corrected chi connectivity index (χ0v) is 8.62. The van der Waals surface area contributed by atoms with E-state index in [0.717, 1.165) is 12.8 Å². The van der Waals surface area contributed by atoms with Crippen molar-refractivity contribution < 1.29 is 9.53 Å². The Morgan fingerprint density at radius 1 is 1.62 bits per heavy atom. The second kappa shape index (κ2) is 4.45. The molecule has 1 aliphatic heterocycles. The highest BCUT2D eigenvalue weighted by Gasteiger charge is 2.29. The van der Waals surface area contributed by atoms with E-state index in [0.29, 0.717) is 5.92 Å². The first kappa shape index (κ1) is 10.3. The highest BCUT2D eigenvalue weighted by Crippen LogP contribution is 2.22. The summed E-state index contributed by atoms with van der Waals surface area (Å²) in [5, 5.41) is 0. The van der Waals surface area contributed by atoms with E-state index in [1.807, 2.05) is 13.0 Å². The zero-order chi connectivity index (χ0) is 9.84. The zero-order valence-electron chi connectivity index (χ0n) is 8.62. The van der Waals surface area contributed by atoms with Crippen LogP contribution in [0.15, 0.2) is 12.2 Å². The van der Waals surface area contributed by atoms with E-state index in [2.05, 4.69) is 19.9 Å². The maximum absolute atomic E-state index is 11.2. The molecular formula is C11H18O2. The van der Waals surface area contributed by atoms with Crippen LogP contribution in [0.2, 0.25) is 0 Å². The lowest BCUT2D eigenvalue weighted by Gasteiger charge is -1.99. The summed E-state index contributed by atoms with van der Waals surface area (Å²) in [4.78, 5) is 11.2. The Balaban J connectivity index is 2.36. The molecule has 0 saturated carbocycles. The summed E-state index contributed by atoms with van der Waals surface area (Å²) in [6.45, 7) is 6.27. The number of hydrogen-bond donors (Lipinski definition) is 0. The van der Waals surface area contributed by atoms with Gasteiger partial charge in [0.15, 0.2) is 0 Å². The van der Waals surface area contributed by atoms with Crippen molar-refractivity contribution in [2.45, 2.75) is 39.7 Å². The molecule has 13 heavy (non-hydrogen) atoms. The standard InChI is InChI=1S/C11H18O2/c1-8(2)5-4-6-10-7-9(3)13-11(10)12/h4,6,8-10H,5,7H2,1-3H3/b6-4+. The van der Waals surface area contributed by atoms with E-state index < -0.39 is 0 Å². The minimum atomic E-state index is -0.0625. The first-order chi connectivity index (χ1) is 6.09. The molecule has 2 atom stereocenters. The summed E-state index contributed by atoms with van der Waals surface area (Å²) in [7, 11) is 0. The molecule has 1 fully saturated rings. The van der Waals surface area contributed by atoms with Crippen molar-refractivity contribution in [3.63, 3.8) is 0 Å². The SMILES string of the molecule is CC(C)C/C=C/C1CC(C)OC1=O. The molecule has 74 valence electrons. The van der Waals surface area contributed by atoms with Gasteiger partial charge in [0.1, 0.15) is 6.10 Å². The lowest BCUT2D eigenvalue weighted by atomic mass is 10.0. The van der Waals surface area contributed by atoms with E-state index in [4.69, 9.17) is 4.74 Å². The van der Waals surface area contributed by atoms with Gasteiger partial charge in [-0.2, -0.15) is 0 Å². The van der Waals surface area contributed by atoms with Crippen LogP contribution in [-0.4, -0.2) is 12.1 Å². The Morgan fingerprint density at radius 2 is 2.31 bits per heavy atom. The average molecular weight is 182 g/mol. The van der Waals surface area contributed by atoms with E-state index in [1.165, 1.54) is 0 Å². The molecule has 2 unspecified atom stereocenters. The maximum Gasteiger partial charge on any atom is 0.313 e. The Kier molecular flexibility index (Phi) is 3.52. The van der Waals surface area contributed by atoms with Crippen molar-refractivity contribution in [1.82, 2.24) is 0 Å². The number of esters is 1. The molecule has 0 aromatic carbocycles. The second-order valence-electron chi connectivity index (χ2n) is 4.15. The molecule has 0 amide bonds. The fourth-order valence-electron chi connectivity index (χ4n) is 1.46. The molecule has 0 aliphatic carbocycles. The second-order valence-corrected chi connectivity index (χ2v) is 4.15. The number of carbonyl (C=O) groups excluding carboxylic acids is 1. The van der Waals surface area contributed by atoms with Crippen LogP contribution in [0.4, 0.5) is 0 Å². The average Bonchev–Trinajstić information content (AvgIpc) is 2.29. The van der Waals surface area contributed by atoms with Gasteiger partial charge in [-0.15, -0.1) is 0 Å². The molecule has 0 radical (unpaired) electrons. The monoisotopic (exact) mass is 182 g/mol. The summed E-state index contributed by atoms with van der Waals surface area (Å²) < 4.78 is 5.04. The molecule has 0 spiro atoms. The van der Waals surface area contributed by atoms with Gasteiger partial charge in [0, 0.05) is 6.42 Å². The number of hydrogen-bond acceptors (Lipinski definition) is 2. The fourth-order valence-corrected chi connectivity index (χ4v) is 1.46. The Morgan fingerprint density at radius 3 is 2.77 bits per heavy atom. The lowest BCUT2D eigenvalue weighted by molar-refractivity contribution is -0.142. The molecule has 1 aliphatic rings. The Bertz CT molecular complexity index is 206. The molecule has 1 rings (SSSR count). The van der Waals surface area contributed by atoms with Gasteiger partial charge in [0.05, 0.1) is 5.92 Å². The molecule has 2 nitrogen and oxygen atoms in total. The minimum Gasteiger partial charge on any atom is -0.462 e. The molecule has 2 heteroatoms. The highest BCUT2D eigenvalue weighted by atomic mass is 16.5. The van der Waals surface area contributed by atoms with Crippen molar-refractivity contribution >= 4 is 5.97 Å². The summed E-state index contributed by atoms with van der Waals surface area (Å²) >= 11 is 0. The van der Waals surface area contributed by atoms with Gasteiger partial charge in [0.2, 0.25) is 0 Å². The quantitative estimate of drug-likeness (QED) is 0.495. The Hall–Kier alpha value is -0.790. The van der Waals surface area contributed by atoms with Gasteiger partial charge in [-0.1, -0.05) is 26.0 Å². The molecule has 1 saturated heterocycles. The topological polar surface area (TPSA) is 26.3 Å². The van der Waals surface area contributed by atoms with E-state index in [9.17, 15) is 4.79 Å². The first-order valence-electron chi connectivity index (χ1n) is 4.96. The number of cyclic esters (lactones) is 1. The third-order valence-corrected chi connectivity index (χ3v) is 2.18. The van der Waals surface area contributed by atoms with Crippen LogP contribution in [0.5, 0.6) is 0 Å². The number of allylic oxidation sites excluding steroid dienone is 1. The molecule has 0 aromatic heterocycles. The minimum absolute atomic E-state index is 0.00810. The fraction of sp³-hybridized carbons (Fsp3) is 0.727. The van der Waals surface area contributed by atoms with Gasteiger partial charge >= 0.3 is 5.97 Å². The smallest absolute Gasteiger partial charge is 0.313 e. The summed E-state index contributed by atoms with van der Waals surface area (Å²) in [6.07, 6.45) is 6.06. The molecule has 1 heterocycles. The van der Waals surface area contributed by atoms with E-state index in [1.54, 1.807) is 0 Å². The van der Waals surface area contributed by atoms with E-state index in [-0.39, 0.29) is 18.0 Å². The normalized spacial score (nSPS) is 28.8. The van der Waals surface area contributed by atoms with Gasteiger partial charge in [-0.3, -0.25) is 4.79 Å². The van der Waals surface area contributed by atoms with Crippen molar-refractivity contribution in [2.75, 3.05) is 0 Å². The van der Waals surface area contributed by atoms with Crippen LogP contribution in [0.3, 0.4) is 0 Å². The molecule has 0 aromatic rings. The first-order valence-corrected chi connectivity index (χ1v) is 4.96.